The highest BCUT2D eigenvalue weighted by molar-refractivity contribution is 6.31. The van der Waals surface area contributed by atoms with E-state index >= 15 is 0 Å². The summed E-state index contributed by atoms with van der Waals surface area (Å²) in [6.45, 7) is 4.89. The van der Waals surface area contributed by atoms with Crippen LogP contribution >= 0.6 is 11.6 Å². The van der Waals surface area contributed by atoms with E-state index in [9.17, 15) is 22.8 Å². The van der Waals surface area contributed by atoms with Crippen molar-refractivity contribution in [3.05, 3.63) is 64.4 Å². The number of hydrogen-bond donors (Lipinski definition) is 2. The molecule has 2 aromatic carbocycles. The Balaban J connectivity index is 2.23. The lowest BCUT2D eigenvalue weighted by Gasteiger charge is -2.35. The third kappa shape index (κ3) is 5.37. The molecule has 0 aliphatic heterocycles. The van der Waals surface area contributed by atoms with Crippen molar-refractivity contribution in [1.82, 2.24) is 10.4 Å². The quantitative estimate of drug-likeness (QED) is 0.717. The first-order chi connectivity index (χ1) is 12.5. The fraction of sp³-hybridized carbons (Fsp3) is 0.222. The number of amides is 3. The van der Waals surface area contributed by atoms with Crippen LogP contribution in [0.15, 0.2) is 36.4 Å². The fourth-order valence-corrected chi connectivity index (χ4v) is 2.39. The van der Waals surface area contributed by atoms with Gasteiger partial charge in [-0.25, -0.2) is 28.4 Å². The first kappa shape index (κ1) is 20.6. The van der Waals surface area contributed by atoms with E-state index in [1.807, 2.05) is 0 Å². The van der Waals surface area contributed by atoms with Crippen molar-refractivity contribution in [1.29, 1.82) is 0 Å². The van der Waals surface area contributed by atoms with Gasteiger partial charge in [-0.3, -0.25) is 4.79 Å². The highest BCUT2D eigenvalue weighted by Crippen LogP contribution is 2.20. The van der Waals surface area contributed by atoms with Crippen LogP contribution in [-0.4, -0.2) is 22.5 Å². The van der Waals surface area contributed by atoms with Gasteiger partial charge in [0.25, 0.3) is 5.91 Å². The molecular formula is C18H17ClF3N3O2. The van der Waals surface area contributed by atoms with Crippen LogP contribution in [0.4, 0.5) is 23.7 Å². The molecule has 2 aromatic rings. The van der Waals surface area contributed by atoms with Gasteiger partial charge in [-0.15, -0.1) is 0 Å². The molecule has 2 N–H and O–H groups in total. The first-order valence-corrected chi connectivity index (χ1v) is 8.18. The van der Waals surface area contributed by atoms with Gasteiger partial charge in [-0.2, -0.15) is 0 Å². The largest absolute Gasteiger partial charge is 0.338 e. The van der Waals surface area contributed by atoms with Crippen LogP contribution in [-0.2, 0) is 0 Å². The van der Waals surface area contributed by atoms with E-state index in [0.29, 0.717) is 6.07 Å². The number of rotatable bonds is 2. The summed E-state index contributed by atoms with van der Waals surface area (Å²) < 4.78 is 40.2. The number of nitrogens with one attached hydrogen (secondary N) is 2. The molecule has 0 fully saturated rings. The second-order valence-corrected chi connectivity index (χ2v) is 7.10. The molecule has 0 radical (unpaired) electrons. The van der Waals surface area contributed by atoms with Crippen LogP contribution in [0.3, 0.4) is 0 Å². The van der Waals surface area contributed by atoms with Gasteiger partial charge in [0, 0.05) is 16.7 Å². The Morgan fingerprint density at radius 3 is 2.22 bits per heavy atom. The topological polar surface area (TPSA) is 61.4 Å². The molecular weight excluding hydrogens is 383 g/mol. The number of nitrogens with zero attached hydrogens (tertiary/aromatic N) is 1. The minimum absolute atomic E-state index is 0.0186. The van der Waals surface area contributed by atoms with Crippen LogP contribution < -0.4 is 10.7 Å². The van der Waals surface area contributed by atoms with E-state index in [4.69, 9.17) is 11.6 Å². The Kier molecular flexibility index (Phi) is 6.00. The molecule has 0 bridgehead atoms. The van der Waals surface area contributed by atoms with Crippen molar-refractivity contribution in [2.24, 2.45) is 0 Å². The van der Waals surface area contributed by atoms with Gasteiger partial charge in [0.1, 0.15) is 17.5 Å². The average Bonchev–Trinajstić information content (AvgIpc) is 2.52. The average molecular weight is 400 g/mol. The standard InChI is InChI=1S/C18H17ClF3N3O2/c1-18(2,3)25(16(26)10-6-11(19)8-13(21)7-10)24-17(27)23-15-5-4-12(20)9-14(15)22/h4-9H,1-3H3,(H2,23,24,27). The Morgan fingerprint density at radius 2 is 1.67 bits per heavy atom. The monoisotopic (exact) mass is 399 g/mol. The van der Waals surface area contributed by atoms with Crippen molar-refractivity contribution < 1.29 is 22.8 Å². The van der Waals surface area contributed by atoms with E-state index < -0.39 is 34.9 Å². The predicted molar refractivity (Wildman–Crippen MR) is 95.8 cm³/mol. The Bertz CT molecular complexity index is 864. The number of hydrazine groups is 1. The third-order valence-corrected chi connectivity index (χ3v) is 3.59. The second-order valence-electron chi connectivity index (χ2n) is 6.66. The number of carbonyl (C=O) groups is 2. The highest BCUT2D eigenvalue weighted by atomic mass is 35.5. The summed E-state index contributed by atoms with van der Waals surface area (Å²) in [4.78, 5) is 24.9. The maximum atomic E-state index is 13.7. The van der Waals surface area contributed by atoms with Crippen LogP contribution in [0.2, 0.25) is 5.02 Å². The number of anilines is 1. The van der Waals surface area contributed by atoms with E-state index in [0.717, 1.165) is 29.3 Å². The minimum atomic E-state index is -0.976. The number of carbonyl (C=O) groups excluding carboxylic acids is 2. The van der Waals surface area contributed by atoms with Crippen LogP contribution in [0.1, 0.15) is 31.1 Å². The molecule has 0 atom stereocenters. The molecule has 9 heteroatoms. The molecule has 0 aliphatic rings. The molecule has 0 aliphatic carbocycles. The van der Waals surface area contributed by atoms with Gasteiger partial charge in [0.05, 0.1) is 11.2 Å². The molecule has 144 valence electrons. The van der Waals surface area contributed by atoms with Crippen molar-refractivity contribution in [2.75, 3.05) is 5.32 Å². The number of hydrogen-bond acceptors (Lipinski definition) is 2. The van der Waals surface area contributed by atoms with Crippen molar-refractivity contribution in [2.45, 2.75) is 26.3 Å². The van der Waals surface area contributed by atoms with Crippen LogP contribution in [0.5, 0.6) is 0 Å². The van der Waals surface area contributed by atoms with E-state index in [1.54, 1.807) is 20.8 Å². The van der Waals surface area contributed by atoms with E-state index in [2.05, 4.69) is 10.7 Å². The first-order valence-electron chi connectivity index (χ1n) is 7.81. The van der Waals surface area contributed by atoms with Gasteiger partial charge < -0.3 is 5.32 Å². The molecule has 0 unspecified atom stereocenters. The Morgan fingerprint density at radius 1 is 1.00 bits per heavy atom. The third-order valence-electron chi connectivity index (χ3n) is 3.38. The molecule has 0 aromatic heterocycles. The normalized spacial score (nSPS) is 11.1. The number of benzene rings is 2. The number of urea groups is 1. The summed E-state index contributed by atoms with van der Waals surface area (Å²) in [6.07, 6.45) is 0. The summed E-state index contributed by atoms with van der Waals surface area (Å²) in [5.74, 6) is -3.21. The Hall–Kier alpha value is -2.74. The highest BCUT2D eigenvalue weighted by Gasteiger charge is 2.30. The lowest BCUT2D eigenvalue weighted by atomic mass is 10.1. The van der Waals surface area contributed by atoms with Crippen LogP contribution in [0, 0.1) is 17.5 Å². The maximum absolute atomic E-state index is 13.7. The Labute approximate surface area is 159 Å². The van der Waals surface area contributed by atoms with Gasteiger partial charge in [-0.1, -0.05) is 11.6 Å². The summed E-state index contributed by atoms with van der Waals surface area (Å²) >= 11 is 5.77. The molecule has 0 saturated heterocycles. The minimum Gasteiger partial charge on any atom is -0.304 e. The molecule has 27 heavy (non-hydrogen) atoms. The zero-order valence-corrected chi connectivity index (χ0v) is 15.5. The van der Waals surface area contributed by atoms with Crippen molar-refractivity contribution in [3.63, 3.8) is 0 Å². The van der Waals surface area contributed by atoms with Crippen molar-refractivity contribution in [3.8, 4) is 0 Å². The lowest BCUT2D eigenvalue weighted by molar-refractivity contribution is 0.0460. The van der Waals surface area contributed by atoms with Gasteiger partial charge >= 0.3 is 6.03 Å². The maximum Gasteiger partial charge on any atom is 0.338 e. The summed E-state index contributed by atoms with van der Waals surface area (Å²) in [7, 11) is 0. The fourth-order valence-electron chi connectivity index (χ4n) is 2.17. The van der Waals surface area contributed by atoms with Crippen molar-refractivity contribution >= 4 is 29.2 Å². The zero-order valence-electron chi connectivity index (χ0n) is 14.7. The number of halogens is 4. The second kappa shape index (κ2) is 7.87. The molecule has 2 rings (SSSR count). The van der Waals surface area contributed by atoms with E-state index in [-0.39, 0.29) is 16.3 Å². The smallest absolute Gasteiger partial charge is 0.304 e. The zero-order chi connectivity index (χ0) is 20.4. The molecule has 0 spiro atoms. The molecule has 0 heterocycles. The molecule has 3 amide bonds. The molecule has 5 nitrogen and oxygen atoms in total. The lowest BCUT2D eigenvalue weighted by Crippen LogP contribution is -2.56. The van der Waals surface area contributed by atoms with Gasteiger partial charge in [0.2, 0.25) is 0 Å². The molecule has 0 saturated carbocycles. The summed E-state index contributed by atoms with van der Waals surface area (Å²) in [6, 6.07) is 4.96. The van der Waals surface area contributed by atoms with Gasteiger partial charge in [0.15, 0.2) is 0 Å². The summed E-state index contributed by atoms with van der Waals surface area (Å²) in [5.41, 5.74) is 1.03. The SMILES string of the molecule is CC(C)(C)N(NC(=O)Nc1ccc(F)cc1F)C(=O)c1cc(F)cc(Cl)c1. The van der Waals surface area contributed by atoms with Crippen LogP contribution in [0.25, 0.3) is 0 Å². The predicted octanol–water partition coefficient (Wildman–Crippen LogP) is 4.73. The summed E-state index contributed by atoms with van der Waals surface area (Å²) in [5, 5.41) is 3.16. The van der Waals surface area contributed by atoms with E-state index in [1.165, 1.54) is 6.07 Å². The van der Waals surface area contributed by atoms with Gasteiger partial charge in [-0.05, 0) is 51.1 Å².